The molecule has 2 aromatic carbocycles. The van der Waals surface area contributed by atoms with Gasteiger partial charge >= 0.3 is 10.5 Å². The zero-order valence-corrected chi connectivity index (χ0v) is 20.3. The van der Waals surface area contributed by atoms with Crippen LogP contribution in [0.5, 0.6) is 11.5 Å². The molecule has 186 valence electrons. The van der Waals surface area contributed by atoms with Gasteiger partial charge in [0.1, 0.15) is 11.4 Å². The van der Waals surface area contributed by atoms with Gasteiger partial charge in [-0.05, 0) is 49.6 Å². The van der Waals surface area contributed by atoms with Crippen molar-refractivity contribution in [2.24, 2.45) is 0 Å². The topological polar surface area (TPSA) is 127 Å². The molecule has 3 aromatic heterocycles. The second-order valence-electron chi connectivity index (χ2n) is 8.96. The monoisotopic (exact) mass is 518 g/mol. The summed E-state index contributed by atoms with van der Waals surface area (Å²) in [4.78, 5) is 21.2. The molecule has 1 aliphatic rings. The number of benzene rings is 2. The molecule has 1 aliphatic carbocycles. The first kappa shape index (κ1) is 23.0. The van der Waals surface area contributed by atoms with E-state index in [1.807, 2.05) is 0 Å². The van der Waals surface area contributed by atoms with Crippen molar-refractivity contribution in [1.82, 2.24) is 14.5 Å². The van der Waals surface area contributed by atoms with Crippen molar-refractivity contribution in [3.05, 3.63) is 64.6 Å². The van der Waals surface area contributed by atoms with Crippen LogP contribution in [0.15, 0.2) is 53.6 Å². The number of hydrogen-bond acceptors (Lipinski definition) is 7. The van der Waals surface area contributed by atoms with Crippen LogP contribution in [0.25, 0.3) is 44.0 Å². The van der Waals surface area contributed by atoms with Gasteiger partial charge in [-0.25, -0.2) is 0 Å². The second-order valence-corrected chi connectivity index (χ2v) is 9.91. The fourth-order valence-electron chi connectivity index (χ4n) is 5.01. The summed E-state index contributed by atoms with van der Waals surface area (Å²) in [6, 6.07) is 12.3. The number of ether oxygens (including phenoxy) is 1. The van der Waals surface area contributed by atoms with Crippen molar-refractivity contribution in [3.8, 4) is 28.7 Å². The lowest BCUT2D eigenvalue weighted by molar-refractivity contribution is 0.327. The third-order valence-corrected chi connectivity index (χ3v) is 7.25. The molecule has 0 radical (unpaired) electrons. The molecular weight excluding hydrogens is 499 g/mol. The quantitative estimate of drug-likeness (QED) is 0.328. The van der Waals surface area contributed by atoms with Crippen LogP contribution >= 0.6 is 0 Å². The number of fused-ring (bicyclic) bond motifs is 4. The van der Waals surface area contributed by atoms with Crippen LogP contribution in [0.3, 0.4) is 0 Å². The van der Waals surface area contributed by atoms with E-state index in [-0.39, 0.29) is 17.2 Å². The Morgan fingerprint density at radius 1 is 1.16 bits per heavy atom. The maximum absolute atomic E-state index is 13.8. The fourth-order valence-corrected chi connectivity index (χ4v) is 5.33. The van der Waals surface area contributed by atoms with Crippen LogP contribution < -0.4 is 14.3 Å². The highest BCUT2D eigenvalue weighted by Crippen LogP contribution is 2.41. The molecule has 0 aliphatic heterocycles. The van der Waals surface area contributed by atoms with E-state index in [4.69, 9.17) is 4.74 Å². The van der Waals surface area contributed by atoms with Gasteiger partial charge in [-0.3, -0.25) is 9.78 Å². The summed E-state index contributed by atoms with van der Waals surface area (Å²) < 4.78 is 47.2. The van der Waals surface area contributed by atoms with E-state index in [1.54, 1.807) is 30.3 Å². The van der Waals surface area contributed by atoms with Crippen molar-refractivity contribution in [3.63, 3.8) is 0 Å². The Hall–Kier alpha value is -4.43. The van der Waals surface area contributed by atoms with E-state index in [0.717, 1.165) is 30.8 Å². The number of hydrogen-bond donors (Lipinski definition) is 1. The van der Waals surface area contributed by atoms with Gasteiger partial charge in [0.25, 0.3) is 0 Å². The van der Waals surface area contributed by atoms with E-state index in [0.29, 0.717) is 49.9 Å². The molecular formula is C26H19FN4O5S. The molecule has 37 heavy (non-hydrogen) atoms. The van der Waals surface area contributed by atoms with Gasteiger partial charge in [-0.15, -0.1) is 0 Å². The molecule has 0 atom stereocenters. The molecule has 11 heteroatoms. The first-order valence-electron chi connectivity index (χ1n) is 11.5. The van der Waals surface area contributed by atoms with Gasteiger partial charge in [0.2, 0.25) is 0 Å². The van der Waals surface area contributed by atoms with Gasteiger partial charge < -0.3 is 18.5 Å². The SMILES string of the molecule is COc1cc2c(=O)c3c4ccc(C#N)cc4[nH]c3n(C3CCC3)c2cc1-c1cncc(OS(=O)(=O)F)c1. The summed E-state index contributed by atoms with van der Waals surface area (Å²) in [5.74, 6) is 0.0654. The van der Waals surface area contributed by atoms with Gasteiger partial charge in [0, 0.05) is 34.3 Å². The summed E-state index contributed by atoms with van der Waals surface area (Å²) in [5, 5.41) is 11.1. The van der Waals surface area contributed by atoms with Crippen molar-refractivity contribution in [2.75, 3.05) is 7.11 Å². The Bertz CT molecular complexity index is 1950. The smallest absolute Gasteiger partial charge is 0.488 e. The fraction of sp³-hybridized carbons (Fsp3) is 0.192. The Kier molecular flexibility index (Phi) is 5.17. The highest BCUT2D eigenvalue weighted by Gasteiger charge is 2.27. The molecule has 0 amide bonds. The Labute approximate surface area is 210 Å². The number of H-pyrrole nitrogens is 1. The number of nitriles is 1. The van der Waals surface area contributed by atoms with Crippen molar-refractivity contribution in [2.45, 2.75) is 25.3 Å². The maximum Gasteiger partial charge on any atom is 0.488 e. The zero-order valence-electron chi connectivity index (χ0n) is 19.5. The average molecular weight is 519 g/mol. The number of methoxy groups -OCH3 is 1. The Morgan fingerprint density at radius 2 is 1.97 bits per heavy atom. The predicted molar refractivity (Wildman–Crippen MR) is 136 cm³/mol. The molecule has 1 saturated carbocycles. The highest BCUT2D eigenvalue weighted by molar-refractivity contribution is 7.81. The van der Waals surface area contributed by atoms with E-state index >= 15 is 0 Å². The second kappa shape index (κ2) is 8.31. The summed E-state index contributed by atoms with van der Waals surface area (Å²) >= 11 is 0. The van der Waals surface area contributed by atoms with Crippen LogP contribution in [-0.4, -0.2) is 30.1 Å². The largest absolute Gasteiger partial charge is 0.496 e. The molecule has 6 rings (SSSR count). The van der Waals surface area contributed by atoms with Crippen LogP contribution in [0.2, 0.25) is 0 Å². The number of aromatic nitrogens is 3. The van der Waals surface area contributed by atoms with Gasteiger partial charge in [0.15, 0.2) is 11.2 Å². The summed E-state index contributed by atoms with van der Waals surface area (Å²) in [7, 11) is -3.77. The Morgan fingerprint density at radius 3 is 2.65 bits per heavy atom. The van der Waals surface area contributed by atoms with Crippen LogP contribution in [0.1, 0.15) is 30.9 Å². The third-order valence-electron chi connectivity index (χ3n) is 6.86. The molecule has 1 N–H and O–H groups in total. The molecule has 0 unspecified atom stereocenters. The first-order valence-corrected chi connectivity index (χ1v) is 12.8. The molecule has 0 bridgehead atoms. The number of nitrogens with one attached hydrogen (secondary N) is 1. The predicted octanol–water partition coefficient (Wildman–Crippen LogP) is 4.90. The minimum Gasteiger partial charge on any atom is -0.496 e. The lowest BCUT2D eigenvalue weighted by Crippen LogP contribution is -2.21. The summed E-state index contributed by atoms with van der Waals surface area (Å²) in [6.07, 6.45) is 5.49. The lowest BCUT2D eigenvalue weighted by atomic mass is 9.91. The third kappa shape index (κ3) is 3.77. The van der Waals surface area contributed by atoms with Crippen molar-refractivity contribution < 1.29 is 21.2 Å². The van der Waals surface area contributed by atoms with Crippen LogP contribution in [0.4, 0.5) is 3.89 Å². The molecule has 0 spiro atoms. The summed E-state index contributed by atoms with van der Waals surface area (Å²) in [5.41, 5.74) is 3.28. The number of aromatic amines is 1. The standard InChI is InChI=1S/C26H19FN4O5S/c1-35-23-10-20-22(9-19(23)15-8-17(13-29-12-15)36-37(27,33)34)31(16-3-2-4-16)26-24(25(20)32)18-6-5-14(11-28)7-21(18)30-26/h5-10,12-13,16,30H,2-4H2,1H3. The molecule has 9 nitrogen and oxygen atoms in total. The molecule has 1 fully saturated rings. The lowest BCUT2D eigenvalue weighted by Gasteiger charge is -2.31. The molecule has 0 saturated heterocycles. The van der Waals surface area contributed by atoms with E-state index < -0.39 is 10.5 Å². The van der Waals surface area contributed by atoms with Gasteiger partial charge in [0.05, 0.1) is 41.2 Å². The average Bonchev–Trinajstić information content (AvgIpc) is 3.22. The van der Waals surface area contributed by atoms with E-state index in [9.17, 15) is 22.4 Å². The molecule has 3 heterocycles. The minimum atomic E-state index is -5.23. The molecule has 5 aromatic rings. The highest BCUT2D eigenvalue weighted by atomic mass is 32.3. The minimum absolute atomic E-state index is 0.153. The van der Waals surface area contributed by atoms with E-state index in [2.05, 4.69) is 24.8 Å². The normalized spacial score (nSPS) is 14.1. The number of nitrogens with zero attached hydrogens (tertiary/aromatic N) is 3. The first-order chi connectivity index (χ1) is 17.8. The number of halogens is 1. The van der Waals surface area contributed by atoms with E-state index in [1.165, 1.54) is 19.4 Å². The van der Waals surface area contributed by atoms with Crippen LogP contribution in [-0.2, 0) is 10.5 Å². The Balaban J connectivity index is 1.68. The maximum atomic E-state index is 13.8. The summed E-state index contributed by atoms with van der Waals surface area (Å²) in [6.45, 7) is 0. The van der Waals surface area contributed by atoms with Crippen molar-refractivity contribution >= 4 is 43.3 Å². The van der Waals surface area contributed by atoms with Crippen molar-refractivity contribution in [1.29, 1.82) is 5.26 Å². The number of rotatable bonds is 5. The zero-order chi connectivity index (χ0) is 25.9. The number of pyridine rings is 2. The van der Waals surface area contributed by atoms with Gasteiger partial charge in [-0.2, -0.15) is 13.7 Å². The van der Waals surface area contributed by atoms with Gasteiger partial charge in [-0.1, -0.05) is 9.95 Å². The van der Waals surface area contributed by atoms with Crippen LogP contribution in [0, 0.1) is 11.3 Å².